The van der Waals surface area contributed by atoms with Crippen molar-refractivity contribution in [3.05, 3.63) is 0 Å². The molecule has 4 N–H and O–H groups in total. The molecule has 0 bridgehead atoms. The van der Waals surface area contributed by atoms with Crippen LogP contribution in [0.5, 0.6) is 0 Å². The van der Waals surface area contributed by atoms with Gasteiger partial charge in [-0.05, 0) is 12.8 Å². The van der Waals surface area contributed by atoms with Crippen molar-refractivity contribution in [2.24, 2.45) is 5.73 Å². The molecule has 0 aliphatic carbocycles. The Hall–Kier alpha value is -1.34. The minimum Gasteiger partial charge on any atom is -0.480 e. The zero-order chi connectivity index (χ0) is 11.4. The molecule has 1 aliphatic rings. The number of amides is 1. The molecule has 7 heteroatoms. The van der Waals surface area contributed by atoms with E-state index in [4.69, 9.17) is 15.9 Å². The van der Waals surface area contributed by atoms with Crippen molar-refractivity contribution in [1.29, 1.82) is 0 Å². The molecule has 0 spiro atoms. The summed E-state index contributed by atoms with van der Waals surface area (Å²) >= 11 is 0. The van der Waals surface area contributed by atoms with Gasteiger partial charge < -0.3 is 15.9 Å². The lowest BCUT2D eigenvalue weighted by Crippen LogP contribution is -2.54. The average molecular weight is 217 g/mol. The van der Waals surface area contributed by atoms with Crippen molar-refractivity contribution in [1.82, 2.24) is 10.0 Å². The minimum atomic E-state index is -1.11. The number of carbonyl (C=O) groups is 2. The van der Waals surface area contributed by atoms with Crippen LogP contribution in [0.25, 0.3) is 0 Å². The highest BCUT2D eigenvalue weighted by Gasteiger charge is 2.26. The Morgan fingerprint density at radius 3 is 2.33 bits per heavy atom. The van der Waals surface area contributed by atoms with Crippen molar-refractivity contribution in [2.45, 2.75) is 18.9 Å². The largest absolute Gasteiger partial charge is 0.480 e. The third kappa shape index (κ3) is 3.07. The number of carboxylic acid groups (broad SMARTS) is 2. The Labute approximate surface area is 87.0 Å². The first kappa shape index (κ1) is 11.7. The first-order valence-corrected chi connectivity index (χ1v) is 4.76. The van der Waals surface area contributed by atoms with Gasteiger partial charge in [0.05, 0.1) is 0 Å². The summed E-state index contributed by atoms with van der Waals surface area (Å²) in [5, 5.41) is 20.2. The van der Waals surface area contributed by atoms with Gasteiger partial charge >= 0.3 is 12.1 Å². The molecule has 1 aliphatic heterocycles. The Morgan fingerprint density at radius 1 is 1.40 bits per heavy atom. The van der Waals surface area contributed by atoms with Crippen LogP contribution < -0.4 is 5.73 Å². The lowest BCUT2D eigenvalue weighted by Gasteiger charge is -2.39. The molecule has 7 nitrogen and oxygen atoms in total. The van der Waals surface area contributed by atoms with Crippen LogP contribution in [0, 0.1) is 0 Å². The Morgan fingerprint density at radius 2 is 2.00 bits per heavy atom. The molecule has 1 saturated heterocycles. The SMILES string of the molecule is N[C@@H](CCN(C(=O)O)N1CCC1)C(=O)O. The van der Waals surface area contributed by atoms with E-state index in [2.05, 4.69) is 0 Å². The lowest BCUT2D eigenvalue weighted by atomic mass is 10.2. The average Bonchev–Trinajstić information content (AvgIpc) is 2.07. The second-order valence-electron chi connectivity index (χ2n) is 3.45. The van der Waals surface area contributed by atoms with Gasteiger partial charge in [0.25, 0.3) is 0 Å². The standard InChI is InChI=1S/C8H15N3O4/c9-6(7(12)13)2-5-11(8(14)15)10-3-1-4-10/h6H,1-5,9H2,(H,12,13)(H,14,15)/t6-/m0/s1. The molecule has 0 saturated carbocycles. The van der Waals surface area contributed by atoms with E-state index in [1.165, 1.54) is 0 Å². The van der Waals surface area contributed by atoms with E-state index in [1.807, 2.05) is 0 Å². The fourth-order valence-electron chi connectivity index (χ4n) is 1.28. The number of nitrogens with zero attached hydrogens (tertiary/aromatic N) is 2. The van der Waals surface area contributed by atoms with Gasteiger partial charge in [-0.25, -0.2) is 14.8 Å². The smallest absolute Gasteiger partial charge is 0.421 e. The maximum atomic E-state index is 10.8. The highest BCUT2D eigenvalue weighted by Crippen LogP contribution is 2.11. The topological polar surface area (TPSA) is 107 Å². The number of hydrogen-bond donors (Lipinski definition) is 3. The quantitative estimate of drug-likeness (QED) is 0.567. The van der Waals surface area contributed by atoms with Crippen molar-refractivity contribution in [3.8, 4) is 0 Å². The zero-order valence-corrected chi connectivity index (χ0v) is 8.30. The molecule has 1 heterocycles. The minimum absolute atomic E-state index is 0.123. The summed E-state index contributed by atoms with van der Waals surface area (Å²) in [6, 6.07) is -1.01. The Bertz CT molecular complexity index is 254. The number of nitrogens with two attached hydrogens (primary N) is 1. The van der Waals surface area contributed by atoms with Crippen LogP contribution in [0.3, 0.4) is 0 Å². The molecular formula is C8H15N3O4. The van der Waals surface area contributed by atoms with Crippen LogP contribution in [-0.2, 0) is 4.79 Å². The van der Waals surface area contributed by atoms with Gasteiger partial charge in [-0.1, -0.05) is 0 Å². The maximum Gasteiger partial charge on any atom is 0.421 e. The van der Waals surface area contributed by atoms with E-state index in [0.29, 0.717) is 13.1 Å². The van der Waals surface area contributed by atoms with Gasteiger partial charge in [-0.15, -0.1) is 0 Å². The fourth-order valence-corrected chi connectivity index (χ4v) is 1.28. The van der Waals surface area contributed by atoms with Crippen molar-refractivity contribution in [2.75, 3.05) is 19.6 Å². The van der Waals surface area contributed by atoms with Gasteiger partial charge in [0.15, 0.2) is 0 Å². The Kier molecular flexibility index (Phi) is 3.87. The van der Waals surface area contributed by atoms with E-state index >= 15 is 0 Å². The van der Waals surface area contributed by atoms with Crippen LogP contribution in [0.4, 0.5) is 4.79 Å². The number of carboxylic acids is 1. The molecule has 0 aromatic carbocycles. The highest BCUT2D eigenvalue weighted by molar-refractivity contribution is 5.73. The van der Waals surface area contributed by atoms with E-state index in [0.717, 1.165) is 11.4 Å². The van der Waals surface area contributed by atoms with Crippen LogP contribution in [-0.4, -0.2) is 58.0 Å². The van der Waals surface area contributed by atoms with Gasteiger partial charge in [-0.2, -0.15) is 0 Å². The molecule has 1 fully saturated rings. The predicted octanol–water partition coefficient (Wildman–Crippen LogP) is -0.611. The third-order valence-electron chi connectivity index (χ3n) is 2.36. The van der Waals surface area contributed by atoms with Crippen LogP contribution in [0.2, 0.25) is 0 Å². The van der Waals surface area contributed by atoms with Crippen LogP contribution in [0.15, 0.2) is 0 Å². The molecule has 0 unspecified atom stereocenters. The summed E-state index contributed by atoms with van der Waals surface area (Å²) < 4.78 is 0. The van der Waals surface area contributed by atoms with E-state index in [9.17, 15) is 9.59 Å². The fraction of sp³-hybridized carbons (Fsp3) is 0.750. The second-order valence-corrected chi connectivity index (χ2v) is 3.45. The number of rotatable bonds is 5. The maximum absolute atomic E-state index is 10.8. The summed E-state index contributed by atoms with van der Waals surface area (Å²) in [4.78, 5) is 21.2. The second kappa shape index (κ2) is 4.94. The van der Waals surface area contributed by atoms with Crippen LogP contribution in [0.1, 0.15) is 12.8 Å². The Balaban J connectivity index is 2.38. The number of hydrogen-bond acceptors (Lipinski definition) is 4. The number of hydrazine groups is 1. The summed E-state index contributed by atoms with van der Waals surface area (Å²) in [6.07, 6.45) is 0.0275. The van der Waals surface area contributed by atoms with Gasteiger partial charge in [0, 0.05) is 19.6 Å². The molecule has 0 radical (unpaired) electrons. The lowest BCUT2D eigenvalue weighted by molar-refractivity contribution is -0.139. The van der Waals surface area contributed by atoms with Crippen molar-refractivity contribution in [3.63, 3.8) is 0 Å². The summed E-state index contributed by atoms with van der Waals surface area (Å²) in [5.74, 6) is -1.11. The molecule has 1 amide bonds. The molecule has 86 valence electrons. The first-order valence-electron chi connectivity index (χ1n) is 4.76. The normalized spacial score (nSPS) is 17.9. The molecule has 0 aromatic rings. The summed E-state index contributed by atoms with van der Waals surface area (Å²) in [6.45, 7) is 1.53. The van der Waals surface area contributed by atoms with Gasteiger partial charge in [0.1, 0.15) is 6.04 Å². The molecular weight excluding hydrogens is 202 g/mol. The van der Waals surface area contributed by atoms with E-state index < -0.39 is 18.1 Å². The van der Waals surface area contributed by atoms with Crippen molar-refractivity contribution < 1.29 is 19.8 Å². The van der Waals surface area contributed by atoms with Crippen molar-refractivity contribution >= 4 is 12.1 Å². The zero-order valence-electron chi connectivity index (χ0n) is 8.30. The molecule has 1 rings (SSSR count). The van der Waals surface area contributed by atoms with E-state index in [1.54, 1.807) is 5.01 Å². The molecule has 15 heavy (non-hydrogen) atoms. The summed E-state index contributed by atoms with van der Waals surface area (Å²) in [7, 11) is 0. The predicted molar refractivity (Wildman–Crippen MR) is 51.1 cm³/mol. The third-order valence-corrected chi connectivity index (χ3v) is 2.36. The number of aliphatic carboxylic acids is 1. The molecule has 1 atom stereocenters. The van der Waals surface area contributed by atoms with E-state index in [-0.39, 0.29) is 13.0 Å². The monoisotopic (exact) mass is 217 g/mol. The molecule has 0 aromatic heterocycles. The van der Waals surface area contributed by atoms with Crippen LogP contribution >= 0.6 is 0 Å². The summed E-state index contributed by atoms with van der Waals surface area (Å²) in [5.41, 5.74) is 5.29. The highest BCUT2D eigenvalue weighted by atomic mass is 16.4. The van der Waals surface area contributed by atoms with Gasteiger partial charge in [0.2, 0.25) is 0 Å². The first-order chi connectivity index (χ1) is 7.02. The van der Waals surface area contributed by atoms with Gasteiger partial charge in [-0.3, -0.25) is 4.79 Å².